The van der Waals surface area contributed by atoms with Gasteiger partial charge in [0.2, 0.25) is 0 Å². The SMILES string of the molecule is C=COCCOc1cccc(Nc2ccc(Oc3ccc(Nc4ccccc4)cc3)cc2)c1. The predicted molar refractivity (Wildman–Crippen MR) is 134 cm³/mol. The average molecular weight is 439 g/mol. The summed E-state index contributed by atoms with van der Waals surface area (Å²) in [5, 5.41) is 6.74. The Morgan fingerprint density at radius 3 is 1.79 bits per heavy atom. The second-order valence-corrected chi connectivity index (χ2v) is 7.18. The number of ether oxygens (including phenoxy) is 3. The van der Waals surface area contributed by atoms with Gasteiger partial charge >= 0.3 is 0 Å². The topological polar surface area (TPSA) is 51.8 Å². The molecule has 0 saturated heterocycles. The lowest BCUT2D eigenvalue weighted by Gasteiger charge is -2.11. The van der Waals surface area contributed by atoms with Gasteiger partial charge in [-0.15, -0.1) is 0 Å². The zero-order valence-corrected chi connectivity index (χ0v) is 18.2. The molecule has 0 radical (unpaired) electrons. The number of hydrogen-bond acceptors (Lipinski definition) is 5. The predicted octanol–water partition coefficient (Wildman–Crippen LogP) is 7.51. The lowest BCUT2D eigenvalue weighted by molar-refractivity contribution is 0.180. The molecule has 0 fully saturated rings. The van der Waals surface area contributed by atoms with Crippen LogP contribution in [-0.2, 0) is 4.74 Å². The molecule has 5 nitrogen and oxygen atoms in total. The molecule has 0 atom stereocenters. The van der Waals surface area contributed by atoms with Crippen LogP contribution in [0, 0.1) is 0 Å². The van der Waals surface area contributed by atoms with E-state index in [0.29, 0.717) is 13.2 Å². The van der Waals surface area contributed by atoms with Gasteiger partial charge in [-0.2, -0.15) is 0 Å². The van der Waals surface area contributed by atoms with Crippen molar-refractivity contribution in [2.45, 2.75) is 0 Å². The van der Waals surface area contributed by atoms with E-state index in [2.05, 4.69) is 17.2 Å². The van der Waals surface area contributed by atoms with Crippen molar-refractivity contribution in [3.8, 4) is 17.2 Å². The Morgan fingerprint density at radius 2 is 1.15 bits per heavy atom. The summed E-state index contributed by atoms with van der Waals surface area (Å²) in [5.41, 5.74) is 3.95. The first kappa shape index (κ1) is 21.8. The quantitative estimate of drug-likeness (QED) is 0.187. The van der Waals surface area contributed by atoms with Crippen LogP contribution in [0.15, 0.2) is 116 Å². The normalized spacial score (nSPS) is 10.2. The maximum Gasteiger partial charge on any atom is 0.127 e. The highest BCUT2D eigenvalue weighted by molar-refractivity contribution is 5.62. The summed E-state index contributed by atoms with van der Waals surface area (Å²) in [7, 11) is 0. The maximum absolute atomic E-state index is 5.98. The summed E-state index contributed by atoms with van der Waals surface area (Å²) in [6.45, 7) is 4.44. The van der Waals surface area contributed by atoms with Gasteiger partial charge in [0, 0.05) is 28.8 Å². The second-order valence-electron chi connectivity index (χ2n) is 7.18. The summed E-state index contributed by atoms with van der Waals surface area (Å²) in [6, 6.07) is 33.6. The maximum atomic E-state index is 5.98. The fraction of sp³-hybridized carbons (Fsp3) is 0.0714. The van der Waals surface area contributed by atoms with Crippen LogP contribution in [0.5, 0.6) is 17.2 Å². The van der Waals surface area contributed by atoms with Crippen LogP contribution in [0.2, 0.25) is 0 Å². The molecule has 4 aromatic carbocycles. The Bertz CT molecular complexity index is 1140. The molecule has 4 rings (SSSR count). The number of rotatable bonds is 11. The van der Waals surface area contributed by atoms with E-state index in [1.54, 1.807) is 0 Å². The van der Waals surface area contributed by atoms with E-state index in [9.17, 15) is 0 Å². The van der Waals surface area contributed by atoms with E-state index in [-0.39, 0.29) is 0 Å². The first-order valence-corrected chi connectivity index (χ1v) is 10.7. The summed E-state index contributed by atoms with van der Waals surface area (Å²) in [5.74, 6) is 2.32. The van der Waals surface area contributed by atoms with Gasteiger partial charge in [-0.25, -0.2) is 0 Å². The van der Waals surface area contributed by atoms with Crippen molar-refractivity contribution >= 4 is 22.7 Å². The van der Waals surface area contributed by atoms with Gasteiger partial charge in [0.25, 0.3) is 0 Å². The number of anilines is 4. The van der Waals surface area contributed by atoms with E-state index in [4.69, 9.17) is 14.2 Å². The Hall–Kier alpha value is -4.38. The van der Waals surface area contributed by atoms with Crippen LogP contribution in [0.4, 0.5) is 22.7 Å². The Morgan fingerprint density at radius 1 is 0.576 bits per heavy atom. The number of hydrogen-bond donors (Lipinski definition) is 2. The molecule has 0 unspecified atom stereocenters. The Balaban J connectivity index is 1.31. The van der Waals surface area contributed by atoms with Gasteiger partial charge < -0.3 is 24.8 Å². The zero-order chi connectivity index (χ0) is 22.7. The van der Waals surface area contributed by atoms with Gasteiger partial charge in [0.05, 0.1) is 6.26 Å². The fourth-order valence-electron chi connectivity index (χ4n) is 3.16. The highest BCUT2D eigenvalue weighted by atomic mass is 16.5. The van der Waals surface area contributed by atoms with Crippen molar-refractivity contribution in [2.75, 3.05) is 23.8 Å². The molecule has 0 heterocycles. The lowest BCUT2D eigenvalue weighted by atomic mass is 10.2. The molecule has 0 amide bonds. The molecule has 166 valence electrons. The molecular weight excluding hydrogens is 412 g/mol. The Labute approximate surface area is 194 Å². The third kappa shape index (κ3) is 6.80. The Kier molecular flexibility index (Phi) is 7.48. The zero-order valence-electron chi connectivity index (χ0n) is 18.2. The molecular formula is C28H26N2O3. The molecule has 0 aromatic heterocycles. The van der Waals surface area contributed by atoms with E-state index in [1.807, 2.05) is 103 Å². The minimum atomic E-state index is 0.463. The summed E-state index contributed by atoms with van der Waals surface area (Å²) >= 11 is 0. The van der Waals surface area contributed by atoms with Crippen LogP contribution in [0.1, 0.15) is 0 Å². The third-order valence-corrected chi connectivity index (χ3v) is 4.72. The smallest absolute Gasteiger partial charge is 0.127 e. The van der Waals surface area contributed by atoms with Crippen molar-refractivity contribution in [3.63, 3.8) is 0 Å². The van der Waals surface area contributed by atoms with Gasteiger partial charge in [0.15, 0.2) is 0 Å². The van der Waals surface area contributed by atoms with Crippen LogP contribution in [0.3, 0.4) is 0 Å². The standard InChI is InChI=1S/C28H26N2O3/c1-2-31-19-20-32-28-10-6-9-25(21-28)30-24-13-17-27(18-14-24)33-26-15-11-23(12-16-26)29-22-7-4-3-5-8-22/h2-18,21,29-30H,1,19-20H2. The molecule has 0 spiro atoms. The van der Waals surface area contributed by atoms with Crippen LogP contribution in [-0.4, -0.2) is 13.2 Å². The highest BCUT2D eigenvalue weighted by Gasteiger charge is 2.02. The number of nitrogens with one attached hydrogen (secondary N) is 2. The van der Waals surface area contributed by atoms with Crippen LogP contribution in [0.25, 0.3) is 0 Å². The van der Waals surface area contributed by atoms with E-state index in [1.165, 1.54) is 6.26 Å². The molecule has 0 saturated carbocycles. The first-order chi connectivity index (χ1) is 16.3. The van der Waals surface area contributed by atoms with Gasteiger partial charge in [-0.05, 0) is 72.8 Å². The number of para-hydroxylation sites is 1. The lowest BCUT2D eigenvalue weighted by Crippen LogP contribution is -2.03. The minimum absolute atomic E-state index is 0.463. The fourth-order valence-corrected chi connectivity index (χ4v) is 3.16. The van der Waals surface area contributed by atoms with Crippen molar-refractivity contribution in [2.24, 2.45) is 0 Å². The van der Waals surface area contributed by atoms with Crippen molar-refractivity contribution in [1.29, 1.82) is 0 Å². The molecule has 2 N–H and O–H groups in total. The van der Waals surface area contributed by atoms with Crippen molar-refractivity contribution in [3.05, 3.63) is 116 Å². The molecule has 33 heavy (non-hydrogen) atoms. The number of benzene rings is 4. The van der Waals surface area contributed by atoms with E-state index < -0.39 is 0 Å². The van der Waals surface area contributed by atoms with Gasteiger partial charge in [-0.3, -0.25) is 0 Å². The molecule has 0 aliphatic heterocycles. The molecule has 4 aromatic rings. The molecule has 0 bridgehead atoms. The summed E-state index contributed by atoms with van der Waals surface area (Å²) in [4.78, 5) is 0. The average Bonchev–Trinajstić information content (AvgIpc) is 2.85. The van der Waals surface area contributed by atoms with E-state index in [0.717, 1.165) is 40.0 Å². The highest BCUT2D eigenvalue weighted by Crippen LogP contribution is 2.27. The van der Waals surface area contributed by atoms with Crippen LogP contribution < -0.4 is 20.1 Å². The second kappa shape index (κ2) is 11.3. The molecule has 5 heteroatoms. The monoisotopic (exact) mass is 438 g/mol. The van der Waals surface area contributed by atoms with Gasteiger partial charge in [-0.1, -0.05) is 30.8 Å². The third-order valence-electron chi connectivity index (χ3n) is 4.72. The summed E-state index contributed by atoms with van der Waals surface area (Å²) < 4.78 is 16.7. The van der Waals surface area contributed by atoms with Gasteiger partial charge in [0.1, 0.15) is 30.5 Å². The first-order valence-electron chi connectivity index (χ1n) is 10.7. The van der Waals surface area contributed by atoms with Crippen molar-refractivity contribution < 1.29 is 14.2 Å². The van der Waals surface area contributed by atoms with Crippen LogP contribution >= 0.6 is 0 Å². The molecule has 0 aliphatic carbocycles. The van der Waals surface area contributed by atoms with E-state index >= 15 is 0 Å². The minimum Gasteiger partial charge on any atom is -0.498 e. The largest absolute Gasteiger partial charge is 0.498 e. The molecule has 0 aliphatic rings. The summed E-state index contributed by atoms with van der Waals surface area (Å²) in [6.07, 6.45) is 1.41. The van der Waals surface area contributed by atoms with Crippen molar-refractivity contribution in [1.82, 2.24) is 0 Å².